The number of hydrogen-bond acceptors (Lipinski definition) is 2. The van der Waals surface area contributed by atoms with Crippen LogP contribution in [-0.2, 0) is 10.2 Å². The lowest BCUT2D eigenvalue weighted by atomic mass is 9.84. The van der Waals surface area contributed by atoms with Gasteiger partial charge >= 0.3 is 0 Å². The van der Waals surface area contributed by atoms with Crippen molar-refractivity contribution in [3.63, 3.8) is 0 Å². The Bertz CT molecular complexity index is 325. The highest BCUT2D eigenvalue weighted by atomic mass is 35.5. The molecule has 0 radical (unpaired) electrons. The molecule has 0 bridgehead atoms. The molecule has 1 rings (SSSR count). The lowest BCUT2D eigenvalue weighted by Crippen LogP contribution is -2.39. The van der Waals surface area contributed by atoms with Gasteiger partial charge in [0.2, 0.25) is 5.91 Å². The van der Waals surface area contributed by atoms with Crippen molar-refractivity contribution in [1.29, 1.82) is 0 Å². The van der Waals surface area contributed by atoms with E-state index in [2.05, 4.69) is 31.3 Å². The van der Waals surface area contributed by atoms with Crippen molar-refractivity contribution >= 4 is 18.3 Å². The minimum atomic E-state index is -0.112. The van der Waals surface area contributed by atoms with Crippen LogP contribution < -0.4 is 11.1 Å². The molecule has 0 saturated heterocycles. The molecule has 3 nitrogen and oxygen atoms in total. The second-order valence-electron chi connectivity index (χ2n) is 4.23. The van der Waals surface area contributed by atoms with Gasteiger partial charge in [-0.25, -0.2) is 0 Å². The van der Waals surface area contributed by atoms with E-state index >= 15 is 0 Å². The van der Waals surface area contributed by atoms with E-state index in [-0.39, 0.29) is 30.3 Å². The van der Waals surface area contributed by atoms with Crippen molar-refractivity contribution < 1.29 is 4.79 Å². The third-order valence-corrected chi connectivity index (χ3v) is 2.47. The maximum absolute atomic E-state index is 11.1. The lowest BCUT2D eigenvalue weighted by molar-refractivity contribution is -0.119. The Labute approximate surface area is 103 Å². The van der Waals surface area contributed by atoms with Crippen LogP contribution in [0, 0.1) is 0 Å². The molecule has 0 atom stereocenters. The van der Waals surface area contributed by atoms with E-state index < -0.39 is 0 Å². The Hall–Kier alpha value is -1.06. The van der Waals surface area contributed by atoms with Gasteiger partial charge in [0.25, 0.3) is 0 Å². The van der Waals surface area contributed by atoms with Gasteiger partial charge in [0.1, 0.15) is 0 Å². The third kappa shape index (κ3) is 4.21. The van der Waals surface area contributed by atoms with Crippen LogP contribution in [0.1, 0.15) is 19.4 Å². The third-order valence-electron chi connectivity index (χ3n) is 2.47. The zero-order valence-corrected chi connectivity index (χ0v) is 10.5. The number of rotatable bonds is 4. The molecule has 1 aromatic rings. The van der Waals surface area contributed by atoms with Gasteiger partial charge in [-0.2, -0.15) is 0 Å². The lowest BCUT2D eigenvalue weighted by Gasteiger charge is -2.25. The number of carbonyl (C=O) groups is 1. The van der Waals surface area contributed by atoms with E-state index in [1.54, 1.807) is 0 Å². The van der Waals surface area contributed by atoms with Crippen LogP contribution in [0.5, 0.6) is 0 Å². The fourth-order valence-corrected chi connectivity index (χ4v) is 1.38. The molecule has 0 unspecified atom stereocenters. The van der Waals surface area contributed by atoms with Gasteiger partial charge < -0.3 is 11.1 Å². The second kappa shape index (κ2) is 6.51. The van der Waals surface area contributed by atoms with Gasteiger partial charge in [-0.1, -0.05) is 44.2 Å². The Morgan fingerprint density at radius 3 is 2.38 bits per heavy atom. The minimum Gasteiger partial charge on any atom is -0.354 e. The van der Waals surface area contributed by atoms with Crippen molar-refractivity contribution in [1.82, 2.24) is 5.32 Å². The van der Waals surface area contributed by atoms with Crippen LogP contribution in [0.3, 0.4) is 0 Å². The predicted octanol–water partition coefficient (Wildman–Crippen LogP) is 1.46. The van der Waals surface area contributed by atoms with E-state index in [0.29, 0.717) is 6.54 Å². The summed E-state index contributed by atoms with van der Waals surface area (Å²) in [4.78, 5) is 11.1. The van der Waals surface area contributed by atoms with Gasteiger partial charge in [0.15, 0.2) is 0 Å². The monoisotopic (exact) mass is 242 g/mol. The largest absolute Gasteiger partial charge is 0.354 e. The molecule has 90 valence electrons. The summed E-state index contributed by atoms with van der Waals surface area (Å²) in [6, 6.07) is 10.1. The molecule has 0 aliphatic carbocycles. The van der Waals surface area contributed by atoms with Crippen molar-refractivity contribution in [2.75, 3.05) is 13.1 Å². The van der Waals surface area contributed by atoms with Crippen LogP contribution in [0.4, 0.5) is 0 Å². The van der Waals surface area contributed by atoms with E-state index in [4.69, 9.17) is 5.73 Å². The summed E-state index contributed by atoms with van der Waals surface area (Å²) in [5.41, 5.74) is 6.38. The van der Waals surface area contributed by atoms with Crippen LogP contribution in [0.2, 0.25) is 0 Å². The molecule has 16 heavy (non-hydrogen) atoms. The summed E-state index contributed by atoms with van der Waals surface area (Å²) < 4.78 is 0. The Kier molecular flexibility index (Phi) is 6.08. The number of nitrogens with two attached hydrogens (primary N) is 1. The number of carbonyl (C=O) groups excluding carboxylic acids is 1. The Morgan fingerprint density at radius 2 is 1.88 bits per heavy atom. The van der Waals surface area contributed by atoms with Crippen molar-refractivity contribution in [2.24, 2.45) is 5.73 Å². The minimum absolute atomic E-state index is 0. The van der Waals surface area contributed by atoms with Gasteiger partial charge in [-0.15, -0.1) is 12.4 Å². The topological polar surface area (TPSA) is 55.1 Å². The van der Waals surface area contributed by atoms with Crippen LogP contribution in [0.25, 0.3) is 0 Å². The molecule has 0 heterocycles. The molecule has 1 amide bonds. The first-order valence-electron chi connectivity index (χ1n) is 5.08. The molecular formula is C12H19ClN2O. The first kappa shape index (κ1) is 14.9. The van der Waals surface area contributed by atoms with Gasteiger partial charge in [0.05, 0.1) is 6.54 Å². The summed E-state index contributed by atoms with van der Waals surface area (Å²) in [6.07, 6.45) is 0. The molecule has 1 aromatic carbocycles. The molecule has 3 N–H and O–H groups in total. The summed E-state index contributed by atoms with van der Waals surface area (Å²) >= 11 is 0. The molecule has 0 fully saturated rings. The van der Waals surface area contributed by atoms with Gasteiger partial charge in [0, 0.05) is 12.0 Å². The normalized spacial score (nSPS) is 10.4. The second-order valence-corrected chi connectivity index (χ2v) is 4.23. The maximum atomic E-state index is 11.1. The Morgan fingerprint density at radius 1 is 1.31 bits per heavy atom. The molecule has 0 aliphatic rings. The van der Waals surface area contributed by atoms with Crippen molar-refractivity contribution in [2.45, 2.75) is 19.3 Å². The van der Waals surface area contributed by atoms with Crippen LogP contribution in [-0.4, -0.2) is 19.0 Å². The molecule has 0 aliphatic heterocycles. The van der Waals surface area contributed by atoms with E-state index in [1.165, 1.54) is 5.56 Å². The summed E-state index contributed by atoms with van der Waals surface area (Å²) in [6.45, 7) is 4.84. The number of amides is 1. The highest BCUT2D eigenvalue weighted by Gasteiger charge is 2.20. The molecule has 4 heteroatoms. The number of hydrogen-bond donors (Lipinski definition) is 2. The highest BCUT2D eigenvalue weighted by Crippen LogP contribution is 2.21. The zero-order chi connectivity index (χ0) is 11.3. The summed E-state index contributed by atoms with van der Waals surface area (Å²) in [7, 11) is 0. The zero-order valence-electron chi connectivity index (χ0n) is 9.69. The van der Waals surface area contributed by atoms with Crippen molar-refractivity contribution in [3.05, 3.63) is 35.9 Å². The standard InChI is InChI=1S/C12H18N2O.ClH/c1-12(2,9-14-11(15)8-13)10-6-4-3-5-7-10;/h3-7H,8-9,13H2,1-2H3,(H,14,15);1H. The maximum Gasteiger partial charge on any atom is 0.233 e. The average molecular weight is 243 g/mol. The Balaban J connectivity index is 0.00000225. The van der Waals surface area contributed by atoms with Crippen molar-refractivity contribution in [3.8, 4) is 0 Å². The molecular weight excluding hydrogens is 224 g/mol. The van der Waals surface area contributed by atoms with Crippen LogP contribution >= 0.6 is 12.4 Å². The predicted molar refractivity (Wildman–Crippen MR) is 68.8 cm³/mol. The fourth-order valence-electron chi connectivity index (χ4n) is 1.38. The number of nitrogens with one attached hydrogen (secondary N) is 1. The summed E-state index contributed by atoms with van der Waals surface area (Å²) in [5.74, 6) is -0.112. The number of halogens is 1. The molecule has 0 saturated carbocycles. The van der Waals surface area contributed by atoms with E-state index in [9.17, 15) is 4.79 Å². The van der Waals surface area contributed by atoms with Gasteiger partial charge in [-0.3, -0.25) is 4.79 Å². The molecule has 0 spiro atoms. The quantitative estimate of drug-likeness (QED) is 0.840. The van der Waals surface area contributed by atoms with Gasteiger partial charge in [-0.05, 0) is 5.56 Å². The SMILES string of the molecule is CC(C)(CNC(=O)CN)c1ccccc1.Cl. The van der Waals surface area contributed by atoms with E-state index in [1.807, 2.05) is 18.2 Å². The fraction of sp³-hybridized carbons (Fsp3) is 0.417. The first-order valence-corrected chi connectivity index (χ1v) is 5.08. The van der Waals surface area contributed by atoms with E-state index in [0.717, 1.165) is 0 Å². The highest BCUT2D eigenvalue weighted by molar-refractivity contribution is 5.85. The van der Waals surface area contributed by atoms with Crippen LogP contribution in [0.15, 0.2) is 30.3 Å². The smallest absolute Gasteiger partial charge is 0.233 e. The number of benzene rings is 1. The first-order chi connectivity index (χ1) is 7.06. The average Bonchev–Trinajstić information content (AvgIpc) is 2.27. The summed E-state index contributed by atoms with van der Waals surface area (Å²) in [5, 5.41) is 2.81. The molecule has 0 aromatic heterocycles.